The van der Waals surface area contributed by atoms with Crippen molar-refractivity contribution in [2.24, 2.45) is 17.3 Å². The summed E-state index contributed by atoms with van der Waals surface area (Å²) < 4.78 is 34.3. The summed E-state index contributed by atoms with van der Waals surface area (Å²) in [5.41, 5.74) is 2.81. The van der Waals surface area contributed by atoms with Gasteiger partial charge < -0.3 is 49.1 Å². The van der Waals surface area contributed by atoms with Crippen molar-refractivity contribution < 1.29 is 52.7 Å². The van der Waals surface area contributed by atoms with Gasteiger partial charge in [-0.2, -0.15) is 0 Å². The fourth-order valence-electron chi connectivity index (χ4n) is 7.86. The maximum atomic E-state index is 13.6. The Bertz CT molecular complexity index is 1930. The Labute approximate surface area is 426 Å². The summed E-state index contributed by atoms with van der Waals surface area (Å²) in [4.78, 5) is 56.2. The normalized spacial score (nSPS) is 16.4. The maximum absolute atomic E-state index is 13.6. The summed E-state index contributed by atoms with van der Waals surface area (Å²) in [5.74, 6) is -1.93. The maximum Gasteiger partial charge on any atom is 0.345 e. The molecule has 3 N–H and O–H groups in total. The van der Waals surface area contributed by atoms with Gasteiger partial charge >= 0.3 is 11.9 Å². The Kier molecular flexibility index (Phi) is 26.9. The number of hydrogen-bond donors (Lipinski definition) is 3. The van der Waals surface area contributed by atoms with Gasteiger partial charge in [0.05, 0.1) is 58.3 Å². The van der Waals surface area contributed by atoms with E-state index in [-0.39, 0.29) is 48.2 Å². The lowest BCUT2D eigenvalue weighted by Gasteiger charge is -2.28. The van der Waals surface area contributed by atoms with Gasteiger partial charge in [-0.25, -0.2) is 4.79 Å². The number of aryl methyl sites for hydroxylation is 1. The monoisotopic (exact) mass is 1020 g/mol. The summed E-state index contributed by atoms with van der Waals surface area (Å²) in [7, 11) is 9.51. The molecule has 394 valence electrons. The molecule has 0 spiro atoms. The molecule has 3 rings (SSSR count). The molecule has 1 saturated heterocycles. The molecule has 1 aliphatic heterocycles. The summed E-state index contributed by atoms with van der Waals surface area (Å²) in [6.07, 6.45) is 6.02. The zero-order chi connectivity index (χ0) is 51.9. The molecule has 0 radical (unpaired) electrons. The van der Waals surface area contributed by atoms with Crippen LogP contribution in [0.4, 0.5) is 0 Å². The zero-order valence-electron chi connectivity index (χ0n) is 44.0. The third kappa shape index (κ3) is 23.2. The summed E-state index contributed by atoms with van der Waals surface area (Å²) >= 11 is 0. The van der Waals surface area contributed by atoms with Crippen LogP contribution < -0.4 is 15.4 Å². The average Bonchev–Trinajstić information content (AvgIpc) is 4.10. The van der Waals surface area contributed by atoms with Gasteiger partial charge in [-0.15, -0.1) is 0 Å². The van der Waals surface area contributed by atoms with Crippen molar-refractivity contribution in [3.63, 3.8) is 0 Å². The Morgan fingerprint density at radius 1 is 0.886 bits per heavy atom. The molecule has 15 nitrogen and oxygen atoms in total. The van der Waals surface area contributed by atoms with E-state index in [9.17, 15) is 24.3 Å². The second-order valence-electron chi connectivity index (χ2n) is 20.1. The number of epoxide rings is 1. The topological polar surface area (TPSA) is 178 Å². The van der Waals surface area contributed by atoms with Gasteiger partial charge in [-0.05, 0) is 120 Å². The van der Waals surface area contributed by atoms with Crippen LogP contribution in [0.3, 0.4) is 0 Å². The summed E-state index contributed by atoms with van der Waals surface area (Å²) in [5, 5.41) is 15.2. The van der Waals surface area contributed by atoms with E-state index in [2.05, 4.69) is 85.8 Å². The van der Waals surface area contributed by atoms with E-state index in [1.165, 1.54) is 11.6 Å². The highest BCUT2D eigenvalue weighted by molar-refractivity contribution is 8.77. The predicted octanol–water partition coefficient (Wildman–Crippen LogP) is 7.53. The minimum absolute atomic E-state index is 0.00423. The zero-order valence-corrected chi connectivity index (χ0v) is 45.6. The number of hydrogen-bond acceptors (Lipinski definition) is 14. The van der Waals surface area contributed by atoms with Crippen LogP contribution in [0.2, 0.25) is 0 Å². The minimum Gasteiger partial charge on any atom is -0.496 e. The van der Waals surface area contributed by atoms with E-state index in [1.54, 1.807) is 31.8 Å². The number of benzene rings is 2. The fourth-order valence-corrected chi connectivity index (χ4v) is 10.1. The van der Waals surface area contributed by atoms with Crippen LogP contribution >= 0.6 is 21.6 Å². The average molecular weight is 1020 g/mol. The number of rotatable bonds is 36. The van der Waals surface area contributed by atoms with Gasteiger partial charge in [0.15, 0.2) is 6.10 Å². The molecule has 5 atom stereocenters. The number of carboxylic acids is 1. The summed E-state index contributed by atoms with van der Waals surface area (Å²) in [6.45, 7) is 22.4. The number of nitrogens with zero attached hydrogens (tertiary/aromatic N) is 2. The van der Waals surface area contributed by atoms with Gasteiger partial charge in [-0.1, -0.05) is 84.8 Å². The third-order valence-electron chi connectivity index (χ3n) is 11.8. The molecule has 2 amide bonds. The van der Waals surface area contributed by atoms with Crippen molar-refractivity contribution in [1.29, 1.82) is 0 Å². The number of carbonyl (C=O) groups is 4. The van der Waals surface area contributed by atoms with Crippen LogP contribution in [-0.2, 0) is 55.8 Å². The van der Waals surface area contributed by atoms with Gasteiger partial charge in [0.2, 0.25) is 11.8 Å². The molecule has 1 heterocycles. The first-order chi connectivity index (χ1) is 33.1. The number of ether oxygens (including phenoxy) is 6. The SMILES string of the molecule is COc1ccc(C[C@@H](NC(=O)/C=C/CC[C@H](C)C2OC2c2ccc(CN(C)CCOCCOCCOCCN(C)CC(C)(C)SSC)cc2)C(=O)NCC(C)(C)C(=O)O[C@@H](CC(C)C)C(=O)O)cc1C. The molecule has 2 unspecified atom stereocenters. The van der Waals surface area contributed by atoms with Crippen LogP contribution in [0.1, 0.15) is 96.1 Å². The van der Waals surface area contributed by atoms with Gasteiger partial charge in [-0.3, -0.25) is 19.3 Å². The molecule has 0 aromatic heterocycles. The van der Waals surface area contributed by atoms with Gasteiger partial charge in [0.25, 0.3) is 0 Å². The number of aliphatic carboxylic acids is 1. The predicted molar refractivity (Wildman–Crippen MR) is 280 cm³/mol. The number of likely N-dealkylation sites (N-methyl/N-ethyl adjacent to an activating group) is 2. The Balaban J connectivity index is 1.37. The molecule has 2 aromatic carbocycles. The van der Waals surface area contributed by atoms with E-state index in [0.717, 1.165) is 49.3 Å². The highest BCUT2D eigenvalue weighted by Gasteiger charge is 2.43. The van der Waals surface area contributed by atoms with Crippen LogP contribution in [0.25, 0.3) is 0 Å². The quantitative estimate of drug-likeness (QED) is 0.0201. The minimum atomic E-state index is -1.29. The van der Waals surface area contributed by atoms with Crippen molar-refractivity contribution in [2.45, 2.75) is 117 Å². The van der Waals surface area contributed by atoms with E-state index < -0.39 is 41.3 Å². The first-order valence-electron chi connectivity index (χ1n) is 24.5. The first-order valence-corrected chi connectivity index (χ1v) is 27.1. The molecule has 70 heavy (non-hydrogen) atoms. The van der Waals surface area contributed by atoms with Crippen molar-refractivity contribution in [3.05, 3.63) is 76.9 Å². The lowest BCUT2D eigenvalue weighted by atomic mass is 9.93. The molecule has 0 saturated carbocycles. The molecular formula is C53H84N4O11S2. The molecule has 1 fully saturated rings. The highest BCUT2D eigenvalue weighted by Crippen LogP contribution is 2.44. The number of carboxylic acid groups (broad SMARTS) is 1. The molecular weight excluding hydrogens is 933 g/mol. The number of amides is 2. The number of esters is 1. The standard InChI is InChI=1S/C53H84N4O11S2/c1-37(2)31-45(50(60)61)67-51(62)52(5,6)35-54-49(59)43(33-41-19-22-44(63-11)39(4)32-41)55-46(58)16-14-13-15-38(3)47-48(68-47)42-20-17-40(18-21-42)34-56(9)23-25-64-27-29-66-30-28-65-26-24-57(10)36-53(7,8)70-69-12/h14,16-22,32,37-38,43,45,47-48H,13,15,23-31,33-36H2,1-12H3,(H,54,59)(H,55,58)(H,60,61)/b16-14+/t38-,43+,45-,47?,48?/m0/s1. The Hall–Kier alpha value is -3.68. The highest BCUT2D eigenvalue weighted by atomic mass is 33.1. The lowest BCUT2D eigenvalue weighted by molar-refractivity contribution is -0.171. The Morgan fingerprint density at radius 2 is 1.50 bits per heavy atom. The van der Waals surface area contributed by atoms with Crippen LogP contribution in [0, 0.1) is 24.2 Å². The molecule has 1 aliphatic rings. The van der Waals surface area contributed by atoms with Crippen LogP contribution in [-0.4, -0.2) is 155 Å². The van der Waals surface area contributed by atoms with Crippen molar-refractivity contribution in [1.82, 2.24) is 20.4 Å². The lowest BCUT2D eigenvalue weighted by Crippen LogP contribution is -2.51. The number of nitrogens with one attached hydrogen (secondary N) is 2. The van der Waals surface area contributed by atoms with Gasteiger partial charge in [0.1, 0.15) is 17.9 Å². The molecule has 0 aliphatic carbocycles. The van der Waals surface area contributed by atoms with E-state index >= 15 is 0 Å². The molecule has 2 aromatic rings. The fraction of sp³-hybridized carbons (Fsp3) is 0.660. The van der Waals surface area contributed by atoms with Gasteiger partial charge in [0, 0.05) is 43.9 Å². The smallest absolute Gasteiger partial charge is 0.345 e. The largest absolute Gasteiger partial charge is 0.496 e. The van der Waals surface area contributed by atoms with Crippen molar-refractivity contribution >= 4 is 45.3 Å². The number of allylic oxidation sites excluding steroid dienone is 1. The second kappa shape index (κ2) is 31.0. The van der Waals surface area contributed by atoms with E-state index in [4.69, 9.17) is 28.4 Å². The third-order valence-corrected chi connectivity index (χ3v) is 14.4. The van der Waals surface area contributed by atoms with E-state index in [0.29, 0.717) is 51.8 Å². The number of carbonyl (C=O) groups excluding carboxylic acids is 3. The van der Waals surface area contributed by atoms with Crippen LogP contribution in [0.5, 0.6) is 5.75 Å². The van der Waals surface area contributed by atoms with E-state index in [1.807, 2.05) is 55.8 Å². The molecule has 0 bridgehead atoms. The number of methoxy groups -OCH3 is 1. The van der Waals surface area contributed by atoms with Crippen molar-refractivity contribution in [2.75, 3.05) is 93.3 Å². The molecule has 17 heteroatoms. The first kappa shape index (κ1) is 60.6. The second-order valence-corrected chi connectivity index (χ2v) is 23.2. The Morgan fingerprint density at radius 3 is 2.09 bits per heavy atom. The summed E-state index contributed by atoms with van der Waals surface area (Å²) in [6, 6.07) is 13.2. The van der Waals surface area contributed by atoms with Crippen molar-refractivity contribution in [3.8, 4) is 5.75 Å². The van der Waals surface area contributed by atoms with Crippen LogP contribution in [0.15, 0.2) is 54.6 Å².